The van der Waals surface area contributed by atoms with Crippen LogP contribution in [0.15, 0.2) is 35.2 Å². The van der Waals surface area contributed by atoms with Crippen LogP contribution in [0, 0.1) is 0 Å². The third-order valence-corrected chi connectivity index (χ3v) is 3.29. The molecule has 7 heteroatoms. The second-order valence-electron chi connectivity index (χ2n) is 3.08. The number of rotatable bonds is 5. The van der Waals surface area contributed by atoms with Gasteiger partial charge < -0.3 is 10.8 Å². The van der Waals surface area contributed by atoms with E-state index in [1.165, 1.54) is 12.1 Å². The number of sulfonamides is 1. The van der Waals surface area contributed by atoms with Crippen molar-refractivity contribution in [2.24, 2.45) is 5.73 Å². The zero-order chi connectivity index (χ0) is 12.2. The summed E-state index contributed by atoms with van der Waals surface area (Å²) in [5.74, 6) is -0.976. The second-order valence-corrected chi connectivity index (χ2v) is 4.85. The summed E-state index contributed by atoms with van der Waals surface area (Å²) in [5.41, 5.74) is 4.78. The Bertz CT molecular complexity index is 458. The maximum atomic E-state index is 11.6. The first kappa shape index (κ1) is 12.6. The van der Waals surface area contributed by atoms with Crippen LogP contribution in [0.3, 0.4) is 0 Å². The summed E-state index contributed by atoms with van der Waals surface area (Å²) in [5, 5.41) is 9.04. The van der Waals surface area contributed by atoms with Crippen LogP contribution in [0.25, 0.3) is 0 Å². The fourth-order valence-electron chi connectivity index (χ4n) is 0.972. The number of carbonyl (C=O) groups excluding carboxylic acids is 1. The highest BCUT2D eigenvalue weighted by Gasteiger charge is 2.17. The highest BCUT2D eigenvalue weighted by atomic mass is 32.2. The predicted molar refractivity (Wildman–Crippen MR) is 56.8 cm³/mol. The van der Waals surface area contributed by atoms with Crippen LogP contribution in [0.1, 0.15) is 0 Å². The van der Waals surface area contributed by atoms with Gasteiger partial charge in [0.25, 0.3) is 0 Å². The van der Waals surface area contributed by atoms with Crippen LogP contribution >= 0.6 is 0 Å². The Morgan fingerprint density at radius 2 is 1.94 bits per heavy atom. The van der Waals surface area contributed by atoms with Crippen molar-refractivity contribution in [3.63, 3.8) is 0 Å². The number of nitrogens with one attached hydrogen (secondary N) is 1. The standard InChI is InChI=1S/C9H12N2O4S/c10-9(13)8(12)6-11-16(14,15)7-4-2-1-3-5-7/h1-5,8,11-12H,6H2,(H2,10,13). The van der Waals surface area contributed by atoms with Crippen molar-refractivity contribution in [1.29, 1.82) is 0 Å². The number of aliphatic hydroxyl groups is 1. The monoisotopic (exact) mass is 244 g/mol. The molecule has 0 heterocycles. The van der Waals surface area contributed by atoms with Crippen LogP contribution in [0.5, 0.6) is 0 Å². The Morgan fingerprint density at radius 1 is 1.38 bits per heavy atom. The number of primary amides is 1. The van der Waals surface area contributed by atoms with E-state index in [-0.39, 0.29) is 4.90 Å². The van der Waals surface area contributed by atoms with Gasteiger partial charge in [0, 0.05) is 6.54 Å². The van der Waals surface area contributed by atoms with Gasteiger partial charge in [-0.15, -0.1) is 0 Å². The lowest BCUT2D eigenvalue weighted by Gasteiger charge is -2.09. The molecule has 6 nitrogen and oxygen atoms in total. The number of hydrogen-bond acceptors (Lipinski definition) is 4. The van der Waals surface area contributed by atoms with Crippen LogP contribution < -0.4 is 10.5 Å². The third-order valence-electron chi connectivity index (χ3n) is 1.85. The molecule has 0 aromatic heterocycles. The molecule has 4 N–H and O–H groups in total. The van der Waals surface area contributed by atoms with E-state index in [0.717, 1.165) is 0 Å². The molecular formula is C9H12N2O4S. The second kappa shape index (κ2) is 5.06. The first-order valence-electron chi connectivity index (χ1n) is 4.45. The Kier molecular flexibility index (Phi) is 3.99. The smallest absolute Gasteiger partial charge is 0.247 e. The summed E-state index contributed by atoms with van der Waals surface area (Å²) in [4.78, 5) is 10.6. The Hall–Kier alpha value is -1.44. The number of aliphatic hydroxyl groups excluding tert-OH is 1. The Balaban J connectivity index is 2.71. The normalized spacial score (nSPS) is 13.3. The highest BCUT2D eigenvalue weighted by molar-refractivity contribution is 7.89. The third kappa shape index (κ3) is 3.30. The van der Waals surface area contributed by atoms with E-state index in [1.807, 2.05) is 0 Å². The molecule has 1 rings (SSSR count). The van der Waals surface area contributed by atoms with Gasteiger partial charge in [-0.05, 0) is 12.1 Å². The Labute approximate surface area is 93.1 Å². The van der Waals surface area contributed by atoms with Gasteiger partial charge in [-0.1, -0.05) is 18.2 Å². The lowest BCUT2D eigenvalue weighted by molar-refractivity contribution is -0.125. The van der Waals surface area contributed by atoms with E-state index in [2.05, 4.69) is 4.72 Å². The highest BCUT2D eigenvalue weighted by Crippen LogP contribution is 2.06. The largest absolute Gasteiger partial charge is 0.382 e. The molecule has 0 radical (unpaired) electrons. The molecule has 0 bridgehead atoms. The average Bonchev–Trinajstić information content (AvgIpc) is 2.27. The maximum absolute atomic E-state index is 11.6. The van der Waals surface area contributed by atoms with Crippen LogP contribution in [-0.4, -0.2) is 32.1 Å². The zero-order valence-electron chi connectivity index (χ0n) is 8.33. The minimum atomic E-state index is -3.71. The Morgan fingerprint density at radius 3 is 2.44 bits per heavy atom. The van der Waals surface area contributed by atoms with Crippen molar-refractivity contribution in [1.82, 2.24) is 4.72 Å². The number of amides is 1. The molecular weight excluding hydrogens is 232 g/mol. The van der Waals surface area contributed by atoms with Crippen molar-refractivity contribution in [3.05, 3.63) is 30.3 Å². The average molecular weight is 244 g/mol. The van der Waals surface area contributed by atoms with Crippen LogP contribution in [0.4, 0.5) is 0 Å². The topological polar surface area (TPSA) is 109 Å². The molecule has 0 spiro atoms. The fourth-order valence-corrected chi connectivity index (χ4v) is 2.03. The van der Waals surface area contributed by atoms with E-state index in [9.17, 15) is 13.2 Å². The lowest BCUT2D eigenvalue weighted by Crippen LogP contribution is -2.39. The van der Waals surface area contributed by atoms with Gasteiger partial charge in [-0.25, -0.2) is 13.1 Å². The molecule has 0 saturated heterocycles. The molecule has 0 aliphatic heterocycles. The van der Waals surface area contributed by atoms with Gasteiger partial charge in [-0.2, -0.15) is 0 Å². The molecule has 1 aromatic carbocycles. The molecule has 1 amide bonds. The minimum Gasteiger partial charge on any atom is -0.382 e. The molecule has 0 saturated carbocycles. The van der Waals surface area contributed by atoms with E-state index < -0.39 is 28.6 Å². The van der Waals surface area contributed by atoms with Gasteiger partial charge in [0.15, 0.2) is 0 Å². The summed E-state index contributed by atoms with van der Waals surface area (Å²) in [6, 6.07) is 7.62. The summed E-state index contributed by atoms with van der Waals surface area (Å²) in [7, 11) is -3.71. The van der Waals surface area contributed by atoms with Crippen molar-refractivity contribution < 1.29 is 18.3 Å². The summed E-state index contributed by atoms with van der Waals surface area (Å²) >= 11 is 0. The SMILES string of the molecule is NC(=O)C(O)CNS(=O)(=O)c1ccccc1. The molecule has 1 unspecified atom stereocenters. The first-order chi connectivity index (χ1) is 7.43. The number of benzene rings is 1. The van der Waals surface area contributed by atoms with Gasteiger partial charge >= 0.3 is 0 Å². The van der Waals surface area contributed by atoms with Crippen molar-refractivity contribution in [2.45, 2.75) is 11.0 Å². The molecule has 88 valence electrons. The summed E-state index contributed by atoms with van der Waals surface area (Å²) < 4.78 is 25.2. The van der Waals surface area contributed by atoms with Gasteiger partial charge in [-0.3, -0.25) is 4.79 Å². The molecule has 1 atom stereocenters. The quantitative estimate of drug-likeness (QED) is 0.605. The van der Waals surface area contributed by atoms with Crippen molar-refractivity contribution >= 4 is 15.9 Å². The number of hydrogen-bond donors (Lipinski definition) is 3. The van der Waals surface area contributed by atoms with Crippen LogP contribution in [-0.2, 0) is 14.8 Å². The molecule has 0 aliphatic rings. The first-order valence-corrected chi connectivity index (χ1v) is 5.94. The molecule has 0 aliphatic carbocycles. The van der Waals surface area contributed by atoms with Crippen molar-refractivity contribution in [2.75, 3.05) is 6.54 Å². The predicted octanol–water partition coefficient (Wildman–Crippen LogP) is -1.19. The van der Waals surface area contributed by atoms with Gasteiger partial charge in [0.2, 0.25) is 15.9 Å². The lowest BCUT2D eigenvalue weighted by atomic mass is 10.3. The zero-order valence-corrected chi connectivity index (χ0v) is 9.15. The van der Waals surface area contributed by atoms with E-state index >= 15 is 0 Å². The number of carbonyl (C=O) groups is 1. The van der Waals surface area contributed by atoms with E-state index in [0.29, 0.717) is 0 Å². The minimum absolute atomic E-state index is 0.0617. The molecule has 1 aromatic rings. The maximum Gasteiger partial charge on any atom is 0.247 e. The van der Waals surface area contributed by atoms with Crippen LogP contribution in [0.2, 0.25) is 0 Å². The van der Waals surface area contributed by atoms with E-state index in [1.54, 1.807) is 18.2 Å². The van der Waals surface area contributed by atoms with Crippen molar-refractivity contribution in [3.8, 4) is 0 Å². The van der Waals surface area contributed by atoms with Gasteiger partial charge in [0.05, 0.1) is 4.90 Å². The molecule has 0 fully saturated rings. The van der Waals surface area contributed by atoms with E-state index in [4.69, 9.17) is 10.8 Å². The summed E-state index contributed by atoms with van der Waals surface area (Å²) in [6.45, 7) is -0.438. The fraction of sp³-hybridized carbons (Fsp3) is 0.222. The number of nitrogens with two attached hydrogens (primary N) is 1. The summed E-state index contributed by atoms with van der Waals surface area (Å²) in [6.07, 6.45) is -1.53. The molecule has 16 heavy (non-hydrogen) atoms. The van der Waals surface area contributed by atoms with Gasteiger partial charge in [0.1, 0.15) is 6.10 Å².